The minimum absolute atomic E-state index is 0.0606. The van der Waals surface area contributed by atoms with Gasteiger partial charge in [0.2, 0.25) is 6.79 Å². The summed E-state index contributed by atoms with van der Waals surface area (Å²) in [6.45, 7) is 3.66. The van der Waals surface area contributed by atoms with Crippen LogP contribution in [-0.4, -0.2) is 49.7 Å². The van der Waals surface area contributed by atoms with Crippen molar-refractivity contribution < 1.29 is 19.1 Å². The molecule has 2 aliphatic rings. The molecule has 168 valence electrons. The summed E-state index contributed by atoms with van der Waals surface area (Å²) in [5.41, 5.74) is 4.16. The van der Waals surface area contributed by atoms with Crippen LogP contribution in [0.15, 0.2) is 66.7 Å². The lowest BCUT2D eigenvalue weighted by molar-refractivity contribution is 0.0735. The molecule has 0 aromatic heterocycles. The van der Waals surface area contributed by atoms with Crippen LogP contribution in [0.5, 0.6) is 11.5 Å². The van der Waals surface area contributed by atoms with E-state index in [2.05, 4.69) is 10.6 Å². The highest BCUT2D eigenvalue weighted by molar-refractivity contribution is 5.96. The van der Waals surface area contributed by atoms with Crippen molar-refractivity contribution in [1.29, 1.82) is 0 Å². The topological polar surface area (TPSA) is 79.9 Å². The Hall–Kier alpha value is -3.84. The number of piperazine rings is 1. The van der Waals surface area contributed by atoms with Crippen LogP contribution in [-0.2, 0) is 6.54 Å². The number of nitrogens with one attached hydrogen (secondary N) is 2. The van der Waals surface area contributed by atoms with Crippen LogP contribution in [0.3, 0.4) is 0 Å². The van der Waals surface area contributed by atoms with Gasteiger partial charge in [-0.15, -0.1) is 0 Å². The minimum atomic E-state index is -0.178. The van der Waals surface area contributed by atoms with Crippen molar-refractivity contribution >= 4 is 11.8 Å². The number of ether oxygens (including phenoxy) is 2. The van der Waals surface area contributed by atoms with Crippen LogP contribution in [0.2, 0.25) is 0 Å². The second-order valence-electron chi connectivity index (χ2n) is 8.07. The lowest BCUT2D eigenvalue weighted by Crippen LogP contribution is -2.46. The van der Waals surface area contributed by atoms with E-state index in [1.165, 1.54) is 0 Å². The Labute approximate surface area is 192 Å². The van der Waals surface area contributed by atoms with Crippen molar-refractivity contribution in [3.63, 3.8) is 0 Å². The number of benzene rings is 3. The number of hydrogen-bond acceptors (Lipinski definition) is 5. The molecule has 2 amide bonds. The average Bonchev–Trinajstić information content (AvgIpc) is 3.36. The molecule has 0 radical (unpaired) electrons. The maximum atomic E-state index is 12.9. The van der Waals surface area contributed by atoms with Crippen LogP contribution in [0, 0.1) is 0 Å². The fraction of sp³-hybridized carbons (Fsp3) is 0.231. The molecule has 7 heteroatoms. The molecule has 0 aliphatic carbocycles. The van der Waals surface area contributed by atoms with E-state index >= 15 is 0 Å². The molecule has 0 bridgehead atoms. The fourth-order valence-corrected chi connectivity index (χ4v) is 4.07. The molecule has 33 heavy (non-hydrogen) atoms. The van der Waals surface area contributed by atoms with Crippen LogP contribution < -0.4 is 20.1 Å². The summed E-state index contributed by atoms with van der Waals surface area (Å²) >= 11 is 0. The van der Waals surface area contributed by atoms with Crippen molar-refractivity contribution in [3.8, 4) is 22.6 Å². The summed E-state index contributed by atoms with van der Waals surface area (Å²) in [6, 6.07) is 20.9. The van der Waals surface area contributed by atoms with Crippen LogP contribution >= 0.6 is 0 Å². The zero-order chi connectivity index (χ0) is 22.6. The summed E-state index contributed by atoms with van der Waals surface area (Å²) in [5.74, 6) is 1.12. The van der Waals surface area contributed by atoms with E-state index in [9.17, 15) is 9.59 Å². The maximum absolute atomic E-state index is 12.9. The molecule has 2 heterocycles. The summed E-state index contributed by atoms with van der Waals surface area (Å²) in [6.07, 6.45) is 0. The molecule has 0 atom stereocenters. The number of carbonyl (C=O) groups is 2. The van der Waals surface area contributed by atoms with E-state index in [-0.39, 0.29) is 18.6 Å². The van der Waals surface area contributed by atoms with Gasteiger partial charge < -0.3 is 25.0 Å². The number of nitrogens with zero attached hydrogens (tertiary/aromatic N) is 1. The monoisotopic (exact) mass is 443 g/mol. The van der Waals surface area contributed by atoms with E-state index in [4.69, 9.17) is 9.47 Å². The maximum Gasteiger partial charge on any atom is 0.253 e. The summed E-state index contributed by atoms with van der Waals surface area (Å²) < 4.78 is 10.6. The quantitative estimate of drug-likeness (QED) is 0.634. The molecule has 0 unspecified atom stereocenters. The summed E-state index contributed by atoms with van der Waals surface area (Å²) in [4.78, 5) is 27.3. The van der Waals surface area contributed by atoms with Gasteiger partial charge in [-0.3, -0.25) is 9.59 Å². The molecule has 1 fully saturated rings. The van der Waals surface area contributed by atoms with Gasteiger partial charge in [-0.1, -0.05) is 30.3 Å². The van der Waals surface area contributed by atoms with Crippen molar-refractivity contribution in [2.24, 2.45) is 0 Å². The average molecular weight is 444 g/mol. The Bertz CT molecular complexity index is 1190. The van der Waals surface area contributed by atoms with E-state index in [0.717, 1.165) is 42.9 Å². The molecule has 2 N–H and O–H groups in total. The highest BCUT2D eigenvalue weighted by atomic mass is 16.7. The number of hydrogen-bond donors (Lipinski definition) is 2. The predicted octanol–water partition coefficient (Wildman–Crippen LogP) is 3.06. The van der Waals surface area contributed by atoms with Gasteiger partial charge in [0.1, 0.15) is 0 Å². The standard InChI is InChI=1S/C26H25N3O4/c30-25(21-7-8-23-24(15-21)33-17-32-23)28-16-18-3-1-4-19(13-18)20-5-2-6-22(14-20)26(31)29-11-9-27-10-12-29/h1-8,13-15,27H,9-12,16-17H2,(H,28,30). The highest BCUT2D eigenvalue weighted by Crippen LogP contribution is 2.32. The van der Waals surface area contributed by atoms with Gasteiger partial charge in [0.25, 0.3) is 11.8 Å². The summed E-state index contributed by atoms with van der Waals surface area (Å²) in [7, 11) is 0. The lowest BCUT2D eigenvalue weighted by atomic mass is 10.0. The van der Waals surface area contributed by atoms with Crippen molar-refractivity contribution in [3.05, 3.63) is 83.4 Å². The first-order valence-corrected chi connectivity index (χ1v) is 11.0. The molecule has 0 spiro atoms. The van der Waals surface area contributed by atoms with Gasteiger partial charge in [0, 0.05) is 43.9 Å². The van der Waals surface area contributed by atoms with Gasteiger partial charge in [-0.25, -0.2) is 0 Å². The Morgan fingerprint density at radius 3 is 2.45 bits per heavy atom. The molecule has 3 aromatic rings. The Morgan fingerprint density at radius 1 is 0.848 bits per heavy atom. The smallest absolute Gasteiger partial charge is 0.253 e. The Balaban J connectivity index is 1.27. The van der Waals surface area contributed by atoms with Crippen molar-refractivity contribution in [1.82, 2.24) is 15.5 Å². The number of fused-ring (bicyclic) bond motifs is 1. The Morgan fingerprint density at radius 2 is 1.61 bits per heavy atom. The Kier molecular flexibility index (Phi) is 5.95. The number of amides is 2. The molecule has 2 aliphatic heterocycles. The first kappa shape index (κ1) is 21.0. The minimum Gasteiger partial charge on any atom is -0.454 e. The molecule has 3 aromatic carbocycles. The van der Waals surface area contributed by atoms with E-state index in [1.807, 2.05) is 53.4 Å². The van der Waals surface area contributed by atoms with Crippen LogP contribution in [0.1, 0.15) is 26.3 Å². The van der Waals surface area contributed by atoms with E-state index < -0.39 is 0 Å². The fourth-order valence-electron chi connectivity index (χ4n) is 4.07. The van der Waals surface area contributed by atoms with Gasteiger partial charge in [-0.2, -0.15) is 0 Å². The molecule has 5 rings (SSSR count). The molecule has 7 nitrogen and oxygen atoms in total. The molecular weight excluding hydrogens is 418 g/mol. The second-order valence-corrected chi connectivity index (χ2v) is 8.07. The van der Waals surface area contributed by atoms with Gasteiger partial charge >= 0.3 is 0 Å². The third kappa shape index (κ3) is 4.68. The molecule has 1 saturated heterocycles. The first-order chi connectivity index (χ1) is 16.2. The van der Waals surface area contributed by atoms with E-state index in [0.29, 0.717) is 29.2 Å². The normalized spacial score (nSPS) is 14.7. The van der Waals surface area contributed by atoms with Crippen molar-refractivity contribution in [2.75, 3.05) is 33.0 Å². The largest absolute Gasteiger partial charge is 0.454 e. The number of rotatable bonds is 5. The lowest BCUT2D eigenvalue weighted by Gasteiger charge is -2.27. The highest BCUT2D eigenvalue weighted by Gasteiger charge is 2.18. The zero-order valence-electron chi connectivity index (χ0n) is 18.2. The van der Waals surface area contributed by atoms with Crippen LogP contribution in [0.4, 0.5) is 0 Å². The first-order valence-electron chi connectivity index (χ1n) is 11.0. The van der Waals surface area contributed by atoms with Crippen LogP contribution in [0.25, 0.3) is 11.1 Å². The third-order valence-corrected chi connectivity index (χ3v) is 5.86. The van der Waals surface area contributed by atoms with Crippen molar-refractivity contribution in [2.45, 2.75) is 6.54 Å². The molecular formula is C26H25N3O4. The summed E-state index contributed by atoms with van der Waals surface area (Å²) in [5, 5.41) is 6.23. The van der Waals surface area contributed by atoms with Gasteiger partial charge in [0.05, 0.1) is 0 Å². The van der Waals surface area contributed by atoms with Gasteiger partial charge in [0.15, 0.2) is 11.5 Å². The predicted molar refractivity (Wildman–Crippen MR) is 124 cm³/mol. The zero-order valence-corrected chi connectivity index (χ0v) is 18.2. The van der Waals surface area contributed by atoms with E-state index in [1.54, 1.807) is 18.2 Å². The molecule has 0 saturated carbocycles. The SMILES string of the molecule is O=C(NCc1cccc(-c2cccc(C(=O)N3CCNCC3)c2)c1)c1ccc2c(c1)OCO2. The van der Waals surface area contributed by atoms with Gasteiger partial charge in [-0.05, 0) is 53.1 Å². The third-order valence-electron chi connectivity index (χ3n) is 5.86. The number of carbonyl (C=O) groups excluding carboxylic acids is 2. The second kappa shape index (κ2) is 9.34.